The lowest BCUT2D eigenvalue weighted by Crippen LogP contribution is -2.03. The molecule has 4 nitrogen and oxygen atoms in total. The zero-order valence-electron chi connectivity index (χ0n) is 15.5. The number of hydrogen-bond acceptors (Lipinski definition) is 4. The Morgan fingerprint density at radius 1 is 1.00 bits per heavy atom. The summed E-state index contributed by atoms with van der Waals surface area (Å²) in [5.74, 6) is 1.94. The number of ether oxygens (including phenoxy) is 3. The summed E-state index contributed by atoms with van der Waals surface area (Å²) in [4.78, 5) is 11.7. The molecule has 4 heteroatoms. The van der Waals surface area contributed by atoms with Gasteiger partial charge in [0.05, 0.1) is 14.2 Å². The summed E-state index contributed by atoms with van der Waals surface area (Å²) in [6.45, 7) is 4.21. The highest BCUT2D eigenvalue weighted by molar-refractivity contribution is 6.00. The fourth-order valence-corrected chi connectivity index (χ4v) is 3.12. The van der Waals surface area contributed by atoms with E-state index in [1.54, 1.807) is 26.4 Å². The van der Waals surface area contributed by atoms with E-state index in [1.165, 1.54) is 0 Å². The molecule has 0 radical (unpaired) electrons. The highest BCUT2D eigenvalue weighted by Crippen LogP contribution is 2.40. The van der Waals surface area contributed by atoms with E-state index in [1.807, 2.05) is 42.5 Å². The maximum absolute atomic E-state index is 11.7. The van der Waals surface area contributed by atoms with E-state index in [0.717, 1.165) is 28.2 Å². The molecule has 3 aromatic carbocycles. The second-order valence-corrected chi connectivity index (χ2v) is 6.08. The molecular weight excluding hydrogens is 340 g/mol. The Hall–Kier alpha value is -3.27. The van der Waals surface area contributed by atoms with Gasteiger partial charge < -0.3 is 14.2 Å². The number of carbonyl (C=O) groups excluding carboxylic acids is 1. The molecular formula is C23H22O4. The molecule has 0 amide bonds. The largest absolute Gasteiger partial charge is 0.497 e. The predicted molar refractivity (Wildman–Crippen MR) is 107 cm³/mol. The van der Waals surface area contributed by atoms with E-state index in [-0.39, 0.29) is 0 Å². The molecule has 0 unspecified atom stereocenters. The van der Waals surface area contributed by atoms with Gasteiger partial charge in [0.25, 0.3) is 0 Å². The zero-order chi connectivity index (χ0) is 19.2. The topological polar surface area (TPSA) is 44.8 Å². The fraction of sp³-hybridized carbons (Fsp3) is 0.174. The first-order chi connectivity index (χ1) is 13.2. The third kappa shape index (κ3) is 3.80. The maximum Gasteiger partial charge on any atom is 0.150 e. The fourth-order valence-electron chi connectivity index (χ4n) is 3.12. The zero-order valence-corrected chi connectivity index (χ0v) is 15.5. The summed E-state index contributed by atoms with van der Waals surface area (Å²) in [6.07, 6.45) is 3.13. The summed E-state index contributed by atoms with van der Waals surface area (Å²) < 4.78 is 17.1. The molecule has 0 heterocycles. The van der Waals surface area contributed by atoms with E-state index in [0.29, 0.717) is 35.8 Å². The minimum absolute atomic E-state index is 0.391. The lowest BCUT2D eigenvalue weighted by molar-refractivity contribution is 0.112. The van der Waals surface area contributed by atoms with Crippen LogP contribution in [-0.2, 0) is 13.0 Å². The van der Waals surface area contributed by atoms with Crippen molar-refractivity contribution in [3.8, 4) is 17.2 Å². The number of allylic oxidation sites excluding steroid dienone is 1. The molecule has 0 saturated heterocycles. The summed E-state index contributed by atoms with van der Waals surface area (Å²) >= 11 is 0. The van der Waals surface area contributed by atoms with E-state index < -0.39 is 0 Å². The first-order valence-electron chi connectivity index (χ1n) is 8.66. The average molecular weight is 362 g/mol. The Kier molecular flexibility index (Phi) is 5.77. The van der Waals surface area contributed by atoms with Crippen LogP contribution in [0, 0.1) is 0 Å². The molecule has 0 spiro atoms. The van der Waals surface area contributed by atoms with Gasteiger partial charge in [0.15, 0.2) is 6.29 Å². The Balaban J connectivity index is 2.22. The first kappa shape index (κ1) is 18.5. The minimum atomic E-state index is 0.391. The smallest absolute Gasteiger partial charge is 0.150 e. The number of aldehydes is 1. The number of benzene rings is 3. The van der Waals surface area contributed by atoms with Crippen molar-refractivity contribution in [3.63, 3.8) is 0 Å². The Morgan fingerprint density at radius 2 is 1.78 bits per heavy atom. The van der Waals surface area contributed by atoms with E-state index >= 15 is 0 Å². The van der Waals surface area contributed by atoms with Crippen LogP contribution in [0.15, 0.2) is 61.2 Å². The number of methoxy groups -OCH3 is 2. The van der Waals surface area contributed by atoms with Gasteiger partial charge in [0.1, 0.15) is 23.9 Å². The van der Waals surface area contributed by atoms with Crippen molar-refractivity contribution >= 4 is 17.1 Å². The summed E-state index contributed by atoms with van der Waals surface area (Å²) in [7, 11) is 3.20. The normalized spacial score (nSPS) is 10.4. The highest BCUT2D eigenvalue weighted by Gasteiger charge is 2.18. The Labute approximate surface area is 159 Å². The molecule has 138 valence electrons. The number of fused-ring (bicyclic) bond motifs is 1. The Morgan fingerprint density at radius 3 is 2.41 bits per heavy atom. The van der Waals surface area contributed by atoms with Crippen LogP contribution in [0.4, 0.5) is 0 Å². The van der Waals surface area contributed by atoms with Crippen LogP contribution >= 0.6 is 0 Å². The van der Waals surface area contributed by atoms with Crippen LogP contribution in [0.1, 0.15) is 21.5 Å². The second kappa shape index (κ2) is 8.41. The van der Waals surface area contributed by atoms with Gasteiger partial charge in [0.2, 0.25) is 0 Å². The first-order valence-corrected chi connectivity index (χ1v) is 8.66. The molecule has 3 aromatic rings. The molecule has 27 heavy (non-hydrogen) atoms. The molecule has 0 atom stereocenters. The van der Waals surface area contributed by atoms with Crippen LogP contribution in [0.25, 0.3) is 10.8 Å². The van der Waals surface area contributed by atoms with Crippen LogP contribution < -0.4 is 14.2 Å². The van der Waals surface area contributed by atoms with Crippen molar-refractivity contribution in [1.82, 2.24) is 0 Å². The molecule has 0 N–H and O–H groups in total. The second-order valence-electron chi connectivity index (χ2n) is 6.08. The number of rotatable bonds is 8. The van der Waals surface area contributed by atoms with Crippen LogP contribution in [-0.4, -0.2) is 20.5 Å². The molecule has 3 rings (SSSR count). The third-order valence-corrected chi connectivity index (χ3v) is 4.44. The summed E-state index contributed by atoms with van der Waals surface area (Å²) in [6, 6.07) is 15.4. The van der Waals surface area contributed by atoms with Gasteiger partial charge in [-0.1, -0.05) is 36.4 Å². The van der Waals surface area contributed by atoms with Crippen molar-refractivity contribution < 1.29 is 19.0 Å². The van der Waals surface area contributed by atoms with Gasteiger partial charge in [-0.2, -0.15) is 0 Å². The van der Waals surface area contributed by atoms with E-state index in [2.05, 4.69) is 6.58 Å². The Bertz CT molecular complexity index is 961. The maximum atomic E-state index is 11.7. The lowest BCUT2D eigenvalue weighted by Gasteiger charge is -2.18. The number of hydrogen-bond donors (Lipinski definition) is 0. The molecule has 0 bridgehead atoms. The van der Waals surface area contributed by atoms with Gasteiger partial charge in [0, 0.05) is 28.0 Å². The standard InChI is InChI=1S/C23H22O4/c1-4-8-19-17(14-24)11-20-21(12-18(25-2)13-22(20)26-3)23(19)27-15-16-9-6-5-7-10-16/h4-7,9-14H,1,8,15H2,2-3H3. The van der Waals surface area contributed by atoms with Gasteiger partial charge in [-0.3, -0.25) is 4.79 Å². The van der Waals surface area contributed by atoms with Crippen molar-refractivity contribution in [2.75, 3.05) is 14.2 Å². The van der Waals surface area contributed by atoms with Crippen molar-refractivity contribution in [2.45, 2.75) is 13.0 Å². The molecule has 0 aliphatic rings. The monoisotopic (exact) mass is 362 g/mol. The van der Waals surface area contributed by atoms with Gasteiger partial charge in [-0.15, -0.1) is 6.58 Å². The van der Waals surface area contributed by atoms with Crippen LogP contribution in [0.2, 0.25) is 0 Å². The van der Waals surface area contributed by atoms with Crippen LogP contribution in [0.3, 0.4) is 0 Å². The lowest BCUT2D eigenvalue weighted by atomic mass is 9.96. The van der Waals surface area contributed by atoms with Gasteiger partial charge in [-0.05, 0) is 24.1 Å². The average Bonchev–Trinajstić information content (AvgIpc) is 2.72. The SMILES string of the molecule is C=CCc1c(C=O)cc2c(OC)cc(OC)cc2c1OCc1ccccc1. The summed E-state index contributed by atoms with van der Waals surface area (Å²) in [5.41, 5.74) is 2.41. The number of carbonyl (C=O) groups is 1. The quantitative estimate of drug-likeness (QED) is 0.419. The van der Waals surface area contributed by atoms with Gasteiger partial charge in [-0.25, -0.2) is 0 Å². The molecule has 0 aromatic heterocycles. The molecule has 0 aliphatic heterocycles. The van der Waals surface area contributed by atoms with Crippen molar-refractivity contribution in [1.29, 1.82) is 0 Å². The van der Waals surface area contributed by atoms with E-state index in [4.69, 9.17) is 14.2 Å². The van der Waals surface area contributed by atoms with Crippen LogP contribution in [0.5, 0.6) is 17.2 Å². The van der Waals surface area contributed by atoms with Crippen molar-refractivity contribution in [2.24, 2.45) is 0 Å². The minimum Gasteiger partial charge on any atom is -0.497 e. The highest BCUT2D eigenvalue weighted by atomic mass is 16.5. The third-order valence-electron chi connectivity index (χ3n) is 4.44. The predicted octanol–water partition coefficient (Wildman–Crippen LogP) is 4.98. The molecule has 0 saturated carbocycles. The summed E-state index contributed by atoms with van der Waals surface area (Å²) in [5, 5.41) is 1.64. The van der Waals surface area contributed by atoms with Crippen molar-refractivity contribution in [3.05, 3.63) is 77.9 Å². The molecule has 0 fully saturated rings. The molecule has 0 aliphatic carbocycles. The van der Waals surface area contributed by atoms with Gasteiger partial charge >= 0.3 is 0 Å². The van der Waals surface area contributed by atoms with E-state index in [9.17, 15) is 4.79 Å².